The molecule has 1 aromatic carbocycles. The van der Waals surface area contributed by atoms with Gasteiger partial charge in [-0.15, -0.1) is 0 Å². The van der Waals surface area contributed by atoms with Crippen LogP contribution in [0.25, 0.3) is 10.9 Å². The number of nitrogens with zero attached hydrogens (tertiary/aromatic N) is 1. The molecule has 1 nitrogen and oxygen atoms in total. The number of aromatic nitrogens is 1. The molecule has 0 radical (unpaired) electrons. The first-order valence-electron chi connectivity index (χ1n) is 5.69. The van der Waals surface area contributed by atoms with Crippen LogP contribution in [0.4, 0.5) is 0 Å². The molecule has 0 aliphatic rings. The van der Waals surface area contributed by atoms with Crippen molar-refractivity contribution < 1.29 is 0 Å². The van der Waals surface area contributed by atoms with Gasteiger partial charge in [-0.25, -0.2) is 0 Å². The van der Waals surface area contributed by atoms with Gasteiger partial charge in [-0.3, -0.25) is 0 Å². The molecule has 2 aromatic rings. The van der Waals surface area contributed by atoms with Crippen molar-refractivity contribution in [3.63, 3.8) is 0 Å². The lowest BCUT2D eigenvalue weighted by Crippen LogP contribution is -1.91. The summed E-state index contributed by atoms with van der Waals surface area (Å²) < 4.78 is 2.28. The second-order valence-electron chi connectivity index (χ2n) is 4.45. The van der Waals surface area contributed by atoms with Crippen LogP contribution in [0.1, 0.15) is 30.2 Å². The fourth-order valence-corrected chi connectivity index (χ4v) is 2.27. The van der Waals surface area contributed by atoms with Gasteiger partial charge in [0.2, 0.25) is 0 Å². The summed E-state index contributed by atoms with van der Waals surface area (Å²) in [5.74, 6) is 0. The molecule has 0 bridgehead atoms. The number of rotatable bonds is 2. The van der Waals surface area contributed by atoms with E-state index in [0.29, 0.717) is 0 Å². The van der Waals surface area contributed by atoms with Crippen molar-refractivity contribution >= 4 is 10.9 Å². The number of hydrogen-bond acceptors (Lipinski definition) is 0. The Bertz CT molecular complexity index is 491. The number of benzene rings is 1. The van der Waals surface area contributed by atoms with Crippen LogP contribution in [-0.4, -0.2) is 4.57 Å². The summed E-state index contributed by atoms with van der Waals surface area (Å²) in [5.41, 5.74) is 5.58. The summed E-state index contributed by atoms with van der Waals surface area (Å²) in [6, 6.07) is 6.91. The SMILES string of the molecule is CCCc1cc(C)cc2c1cc(C)n2C. The fraction of sp³-hybridized carbons (Fsp3) is 0.429. The van der Waals surface area contributed by atoms with Gasteiger partial charge >= 0.3 is 0 Å². The summed E-state index contributed by atoms with van der Waals surface area (Å²) in [4.78, 5) is 0. The van der Waals surface area contributed by atoms with Crippen molar-refractivity contribution in [2.45, 2.75) is 33.6 Å². The Morgan fingerprint density at radius 2 is 1.87 bits per heavy atom. The zero-order valence-corrected chi connectivity index (χ0v) is 10.1. The lowest BCUT2D eigenvalue weighted by Gasteiger charge is -2.05. The summed E-state index contributed by atoms with van der Waals surface area (Å²) in [7, 11) is 2.15. The van der Waals surface area contributed by atoms with Crippen LogP contribution in [-0.2, 0) is 13.5 Å². The van der Waals surface area contributed by atoms with E-state index in [2.05, 4.69) is 50.6 Å². The van der Waals surface area contributed by atoms with Gasteiger partial charge in [0, 0.05) is 23.6 Å². The van der Waals surface area contributed by atoms with Gasteiger partial charge in [0.25, 0.3) is 0 Å². The van der Waals surface area contributed by atoms with Crippen LogP contribution >= 0.6 is 0 Å². The van der Waals surface area contributed by atoms with Gasteiger partial charge in [-0.2, -0.15) is 0 Å². The predicted octanol–water partition coefficient (Wildman–Crippen LogP) is 3.75. The van der Waals surface area contributed by atoms with E-state index in [1.165, 1.54) is 40.6 Å². The lowest BCUT2D eigenvalue weighted by molar-refractivity contribution is 0.913. The molecular formula is C14H19N. The number of fused-ring (bicyclic) bond motifs is 1. The smallest absolute Gasteiger partial charge is 0.0485 e. The zero-order chi connectivity index (χ0) is 11.0. The van der Waals surface area contributed by atoms with Crippen molar-refractivity contribution in [1.29, 1.82) is 0 Å². The van der Waals surface area contributed by atoms with E-state index in [9.17, 15) is 0 Å². The minimum Gasteiger partial charge on any atom is -0.348 e. The minimum atomic E-state index is 1.18. The average molecular weight is 201 g/mol. The molecular weight excluding hydrogens is 182 g/mol. The minimum absolute atomic E-state index is 1.18. The highest BCUT2D eigenvalue weighted by atomic mass is 14.9. The zero-order valence-electron chi connectivity index (χ0n) is 10.1. The van der Waals surface area contributed by atoms with E-state index in [4.69, 9.17) is 0 Å². The third kappa shape index (κ3) is 1.67. The van der Waals surface area contributed by atoms with Crippen LogP contribution in [0.15, 0.2) is 18.2 Å². The summed E-state index contributed by atoms with van der Waals surface area (Å²) in [6.45, 7) is 6.59. The summed E-state index contributed by atoms with van der Waals surface area (Å²) in [5, 5.41) is 1.43. The summed E-state index contributed by atoms with van der Waals surface area (Å²) >= 11 is 0. The molecule has 1 heteroatoms. The Labute approximate surface area is 91.7 Å². The molecule has 0 N–H and O–H groups in total. The second kappa shape index (κ2) is 3.73. The first kappa shape index (κ1) is 10.3. The van der Waals surface area contributed by atoms with E-state index in [-0.39, 0.29) is 0 Å². The van der Waals surface area contributed by atoms with E-state index < -0.39 is 0 Å². The van der Waals surface area contributed by atoms with Crippen molar-refractivity contribution in [2.24, 2.45) is 7.05 Å². The topological polar surface area (TPSA) is 4.93 Å². The molecule has 0 atom stereocenters. The lowest BCUT2D eigenvalue weighted by atomic mass is 10.0. The molecule has 0 amide bonds. The number of hydrogen-bond donors (Lipinski definition) is 0. The van der Waals surface area contributed by atoms with Crippen LogP contribution in [0.2, 0.25) is 0 Å². The van der Waals surface area contributed by atoms with Gasteiger partial charge in [0.1, 0.15) is 0 Å². The van der Waals surface area contributed by atoms with Crippen molar-refractivity contribution in [3.8, 4) is 0 Å². The Morgan fingerprint density at radius 1 is 1.13 bits per heavy atom. The monoisotopic (exact) mass is 201 g/mol. The van der Waals surface area contributed by atoms with Crippen molar-refractivity contribution in [3.05, 3.63) is 35.0 Å². The van der Waals surface area contributed by atoms with Crippen molar-refractivity contribution in [2.75, 3.05) is 0 Å². The predicted molar refractivity (Wildman–Crippen MR) is 66.4 cm³/mol. The third-order valence-electron chi connectivity index (χ3n) is 3.15. The molecule has 0 saturated carbocycles. The number of aryl methyl sites for hydroxylation is 4. The van der Waals surface area contributed by atoms with Crippen LogP contribution < -0.4 is 0 Å². The largest absolute Gasteiger partial charge is 0.348 e. The molecule has 1 heterocycles. The first-order valence-corrected chi connectivity index (χ1v) is 5.69. The normalized spacial score (nSPS) is 11.2. The first-order chi connectivity index (χ1) is 7.13. The quantitative estimate of drug-likeness (QED) is 0.697. The maximum Gasteiger partial charge on any atom is 0.0485 e. The maximum absolute atomic E-state index is 2.32. The molecule has 0 saturated heterocycles. The van der Waals surface area contributed by atoms with Gasteiger partial charge < -0.3 is 4.57 Å². The molecule has 0 fully saturated rings. The van der Waals surface area contributed by atoms with E-state index in [1.54, 1.807) is 0 Å². The Kier molecular flexibility index (Phi) is 2.56. The Morgan fingerprint density at radius 3 is 2.53 bits per heavy atom. The second-order valence-corrected chi connectivity index (χ2v) is 4.45. The highest BCUT2D eigenvalue weighted by molar-refractivity contribution is 5.85. The third-order valence-corrected chi connectivity index (χ3v) is 3.15. The highest BCUT2D eigenvalue weighted by Crippen LogP contribution is 2.25. The van der Waals surface area contributed by atoms with Gasteiger partial charge in [0.05, 0.1) is 0 Å². The molecule has 80 valence electrons. The van der Waals surface area contributed by atoms with E-state index in [1.807, 2.05) is 0 Å². The summed E-state index contributed by atoms with van der Waals surface area (Å²) in [6.07, 6.45) is 2.40. The van der Waals surface area contributed by atoms with Crippen LogP contribution in [0.5, 0.6) is 0 Å². The van der Waals surface area contributed by atoms with Gasteiger partial charge in [0.15, 0.2) is 0 Å². The van der Waals surface area contributed by atoms with Crippen LogP contribution in [0.3, 0.4) is 0 Å². The van der Waals surface area contributed by atoms with E-state index in [0.717, 1.165) is 0 Å². The molecule has 2 rings (SSSR count). The molecule has 0 aliphatic carbocycles. The molecule has 0 spiro atoms. The highest BCUT2D eigenvalue weighted by Gasteiger charge is 2.07. The molecule has 1 aromatic heterocycles. The van der Waals surface area contributed by atoms with E-state index >= 15 is 0 Å². The Balaban J connectivity index is 2.74. The van der Waals surface area contributed by atoms with Crippen molar-refractivity contribution in [1.82, 2.24) is 4.57 Å². The van der Waals surface area contributed by atoms with Crippen LogP contribution in [0, 0.1) is 13.8 Å². The standard InChI is InChI=1S/C14H19N/c1-5-6-12-7-10(2)8-14-13(12)9-11(3)15(14)4/h7-9H,5-6H2,1-4H3. The van der Waals surface area contributed by atoms with Gasteiger partial charge in [-0.05, 0) is 43.5 Å². The molecule has 0 unspecified atom stereocenters. The molecule has 15 heavy (non-hydrogen) atoms. The average Bonchev–Trinajstić information content (AvgIpc) is 2.46. The molecule has 0 aliphatic heterocycles. The van der Waals surface area contributed by atoms with Gasteiger partial charge in [-0.1, -0.05) is 19.4 Å². The fourth-order valence-electron chi connectivity index (χ4n) is 2.27. The maximum atomic E-state index is 2.32. The Hall–Kier alpha value is -1.24.